The first-order valence-electron chi connectivity index (χ1n) is 8.19. The lowest BCUT2D eigenvalue weighted by Crippen LogP contribution is -2.46. The smallest absolute Gasteiger partial charge is 0.0685 e. The van der Waals surface area contributed by atoms with Crippen LogP contribution in [0.15, 0.2) is 0 Å². The van der Waals surface area contributed by atoms with Crippen molar-refractivity contribution in [3.05, 3.63) is 0 Å². The van der Waals surface area contributed by atoms with Crippen LogP contribution in [-0.4, -0.2) is 24.8 Å². The Morgan fingerprint density at radius 2 is 2.00 bits per heavy atom. The van der Waals surface area contributed by atoms with Crippen LogP contribution in [0, 0.1) is 11.8 Å². The van der Waals surface area contributed by atoms with Crippen LogP contribution >= 0.6 is 0 Å². The van der Waals surface area contributed by atoms with E-state index >= 15 is 0 Å². The third-order valence-corrected chi connectivity index (χ3v) is 5.37. The molecule has 2 saturated carbocycles. The summed E-state index contributed by atoms with van der Waals surface area (Å²) in [6.07, 6.45) is 12.4. The molecule has 1 N–H and O–H groups in total. The van der Waals surface area contributed by atoms with Crippen LogP contribution in [0.3, 0.4) is 0 Å². The molecule has 0 aromatic rings. The molecule has 18 heavy (non-hydrogen) atoms. The standard InChI is InChI=1S/C16H29NO/c1-2-17-15(11-13-5-6-13)14-7-10-18-16(12-14)8-3-4-9-16/h13-15,17H,2-12H2,1H3. The van der Waals surface area contributed by atoms with Crippen molar-refractivity contribution in [2.75, 3.05) is 13.2 Å². The Balaban J connectivity index is 1.61. The predicted molar refractivity (Wildman–Crippen MR) is 74.7 cm³/mol. The zero-order valence-electron chi connectivity index (χ0n) is 11.9. The highest BCUT2D eigenvalue weighted by Gasteiger charge is 2.42. The van der Waals surface area contributed by atoms with Crippen LogP contribution in [0.4, 0.5) is 0 Å². The lowest BCUT2D eigenvalue weighted by atomic mass is 9.79. The van der Waals surface area contributed by atoms with Crippen molar-refractivity contribution in [1.29, 1.82) is 0 Å². The van der Waals surface area contributed by atoms with Gasteiger partial charge >= 0.3 is 0 Å². The number of nitrogens with one attached hydrogen (secondary N) is 1. The molecule has 1 aliphatic heterocycles. The molecular weight excluding hydrogens is 222 g/mol. The first-order chi connectivity index (χ1) is 8.81. The van der Waals surface area contributed by atoms with E-state index in [4.69, 9.17) is 4.74 Å². The second-order valence-corrected chi connectivity index (χ2v) is 6.83. The van der Waals surface area contributed by atoms with Gasteiger partial charge in [0.1, 0.15) is 0 Å². The summed E-state index contributed by atoms with van der Waals surface area (Å²) in [6, 6.07) is 0.767. The van der Waals surface area contributed by atoms with Crippen molar-refractivity contribution in [3.8, 4) is 0 Å². The molecule has 2 nitrogen and oxygen atoms in total. The minimum atomic E-state index is 0.292. The van der Waals surface area contributed by atoms with Crippen molar-refractivity contribution in [2.45, 2.75) is 76.4 Å². The predicted octanol–water partition coefficient (Wildman–Crippen LogP) is 3.50. The van der Waals surface area contributed by atoms with Gasteiger partial charge in [-0.05, 0) is 50.5 Å². The SMILES string of the molecule is CCNC(CC1CC1)C1CCOC2(CCCC2)C1. The molecule has 104 valence electrons. The molecule has 0 radical (unpaired) electrons. The van der Waals surface area contributed by atoms with Gasteiger partial charge in [-0.15, -0.1) is 0 Å². The van der Waals surface area contributed by atoms with Gasteiger partial charge in [-0.2, -0.15) is 0 Å². The van der Waals surface area contributed by atoms with E-state index in [0.717, 1.165) is 31.0 Å². The number of ether oxygens (including phenoxy) is 1. The van der Waals surface area contributed by atoms with Crippen molar-refractivity contribution in [2.24, 2.45) is 11.8 Å². The quantitative estimate of drug-likeness (QED) is 0.807. The average molecular weight is 251 g/mol. The summed E-state index contributed by atoms with van der Waals surface area (Å²) < 4.78 is 6.18. The van der Waals surface area contributed by atoms with Gasteiger partial charge in [0.2, 0.25) is 0 Å². The Hall–Kier alpha value is -0.0800. The molecule has 0 aromatic heterocycles. The molecule has 1 heterocycles. The highest BCUT2D eigenvalue weighted by Crippen LogP contribution is 2.44. The van der Waals surface area contributed by atoms with E-state index < -0.39 is 0 Å². The maximum Gasteiger partial charge on any atom is 0.0685 e. The molecule has 0 amide bonds. The molecule has 3 aliphatic rings. The van der Waals surface area contributed by atoms with Crippen molar-refractivity contribution in [1.82, 2.24) is 5.32 Å². The van der Waals surface area contributed by atoms with E-state index in [2.05, 4.69) is 12.2 Å². The topological polar surface area (TPSA) is 21.3 Å². The van der Waals surface area contributed by atoms with Crippen LogP contribution in [-0.2, 0) is 4.74 Å². The van der Waals surface area contributed by atoms with Crippen molar-refractivity contribution < 1.29 is 4.74 Å². The van der Waals surface area contributed by atoms with E-state index in [1.54, 1.807) is 0 Å². The lowest BCUT2D eigenvalue weighted by Gasteiger charge is -2.41. The molecular formula is C16H29NO. The van der Waals surface area contributed by atoms with Crippen LogP contribution in [0.5, 0.6) is 0 Å². The Labute approximate surface area is 112 Å². The van der Waals surface area contributed by atoms with Crippen LogP contribution in [0.25, 0.3) is 0 Å². The van der Waals surface area contributed by atoms with E-state index in [1.807, 2.05) is 0 Å². The molecule has 3 rings (SSSR count). The van der Waals surface area contributed by atoms with Crippen molar-refractivity contribution >= 4 is 0 Å². The van der Waals surface area contributed by atoms with Crippen LogP contribution in [0.2, 0.25) is 0 Å². The lowest BCUT2D eigenvalue weighted by molar-refractivity contribution is -0.0984. The van der Waals surface area contributed by atoms with Crippen LogP contribution in [0.1, 0.15) is 64.7 Å². The monoisotopic (exact) mass is 251 g/mol. The van der Waals surface area contributed by atoms with Gasteiger partial charge in [-0.3, -0.25) is 0 Å². The van der Waals surface area contributed by atoms with Gasteiger partial charge in [0, 0.05) is 12.6 Å². The van der Waals surface area contributed by atoms with Gasteiger partial charge < -0.3 is 10.1 Å². The van der Waals surface area contributed by atoms with Gasteiger partial charge in [0.25, 0.3) is 0 Å². The van der Waals surface area contributed by atoms with E-state index in [9.17, 15) is 0 Å². The molecule has 1 spiro atoms. The fourth-order valence-corrected chi connectivity index (χ4v) is 4.19. The first-order valence-corrected chi connectivity index (χ1v) is 8.19. The Morgan fingerprint density at radius 3 is 2.67 bits per heavy atom. The second-order valence-electron chi connectivity index (χ2n) is 6.83. The fourth-order valence-electron chi connectivity index (χ4n) is 4.19. The van der Waals surface area contributed by atoms with Crippen LogP contribution < -0.4 is 5.32 Å². The molecule has 2 unspecified atom stereocenters. The third-order valence-electron chi connectivity index (χ3n) is 5.37. The van der Waals surface area contributed by atoms with Gasteiger partial charge in [0.05, 0.1) is 5.60 Å². The third kappa shape index (κ3) is 2.91. The number of rotatable bonds is 5. The summed E-state index contributed by atoms with van der Waals surface area (Å²) in [4.78, 5) is 0. The maximum atomic E-state index is 6.18. The summed E-state index contributed by atoms with van der Waals surface area (Å²) in [5, 5.41) is 3.77. The summed E-state index contributed by atoms with van der Waals surface area (Å²) in [6.45, 7) is 4.39. The summed E-state index contributed by atoms with van der Waals surface area (Å²) >= 11 is 0. The zero-order valence-corrected chi connectivity index (χ0v) is 11.9. The Bertz CT molecular complexity index is 268. The van der Waals surface area contributed by atoms with Gasteiger partial charge in [-0.25, -0.2) is 0 Å². The normalized spacial score (nSPS) is 32.8. The molecule has 2 atom stereocenters. The molecule has 3 fully saturated rings. The molecule has 2 heteroatoms. The van der Waals surface area contributed by atoms with E-state index in [-0.39, 0.29) is 0 Å². The van der Waals surface area contributed by atoms with Crippen molar-refractivity contribution in [3.63, 3.8) is 0 Å². The van der Waals surface area contributed by atoms with E-state index in [1.165, 1.54) is 57.8 Å². The maximum absolute atomic E-state index is 6.18. The largest absolute Gasteiger partial charge is 0.375 e. The molecule has 0 bridgehead atoms. The average Bonchev–Trinajstić information content (AvgIpc) is 3.10. The fraction of sp³-hybridized carbons (Fsp3) is 1.00. The minimum Gasteiger partial charge on any atom is -0.375 e. The summed E-state index contributed by atoms with van der Waals surface area (Å²) in [5.74, 6) is 1.91. The zero-order chi connectivity index (χ0) is 12.4. The van der Waals surface area contributed by atoms with Gasteiger partial charge in [-0.1, -0.05) is 32.6 Å². The number of hydrogen-bond acceptors (Lipinski definition) is 2. The van der Waals surface area contributed by atoms with Gasteiger partial charge in [0.15, 0.2) is 0 Å². The second kappa shape index (κ2) is 5.50. The first kappa shape index (κ1) is 12.9. The highest BCUT2D eigenvalue weighted by atomic mass is 16.5. The molecule has 2 aliphatic carbocycles. The Kier molecular flexibility index (Phi) is 3.95. The molecule has 0 aromatic carbocycles. The number of hydrogen-bond donors (Lipinski definition) is 1. The Morgan fingerprint density at radius 1 is 1.22 bits per heavy atom. The van der Waals surface area contributed by atoms with E-state index in [0.29, 0.717) is 5.60 Å². The summed E-state index contributed by atoms with van der Waals surface area (Å²) in [5.41, 5.74) is 0.292. The minimum absolute atomic E-state index is 0.292. The summed E-state index contributed by atoms with van der Waals surface area (Å²) in [7, 11) is 0. The highest BCUT2D eigenvalue weighted by molar-refractivity contribution is 4.95. The molecule has 1 saturated heterocycles.